The number of nitrogens with zero attached hydrogens (tertiary/aromatic N) is 6. The van der Waals surface area contributed by atoms with Gasteiger partial charge in [-0.15, -0.1) is 0 Å². The van der Waals surface area contributed by atoms with Gasteiger partial charge in [-0.2, -0.15) is 0 Å². The number of amides is 4. The maximum Gasteiger partial charge on any atom is 0.407 e. The SMILES string of the molecule is CCN(CC)CCC(NC(=O)OC)C(=O)N1CCC[C@H]1c1ncc(-c2ccc(-c3ccc(-c4cnc([C@@H]5CCCN5C(=O)[C@H](C(C)C)N(C)C(=O)O)[nH]4)cc3)cc2)[nH]1. The number of rotatable bonds is 15. The van der Waals surface area contributed by atoms with Crippen LogP contribution in [0.2, 0.25) is 0 Å². The number of aromatic nitrogens is 4. The number of carbonyl (C=O) groups excluding carboxylic acids is 3. The topological polar surface area (TPSA) is 180 Å². The van der Waals surface area contributed by atoms with Gasteiger partial charge in [0.15, 0.2) is 0 Å². The zero-order valence-corrected chi connectivity index (χ0v) is 34.4. The quantitative estimate of drug-likeness (QED) is 0.104. The van der Waals surface area contributed by atoms with Crippen molar-refractivity contribution < 1.29 is 29.0 Å². The number of H-pyrrole nitrogens is 2. The first kappa shape index (κ1) is 41.9. The van der Waals surface area contributed by atoms with Crippen molar-refractivity contribution in [2.75, 3.05) is 46.9 Å². The molecule has 4 atom stereocenters. The third-order valence-electron chi connectivity index (χ3n) is 11.6. The molecule has 2 aromatic carbocycles. The van der Waals surface area contributed by atoms with Gasteiger partial charge >= 0.3 is 12.2 Å². The normalized spacial score (nSPS) is 17.8. The lowest BCUT2D eigenvalue weighted by Gasteiger charge is -2.33. The summed E-state index contributed by atoms with van der Waals surface area (Å²) in [6.45, 7) is 11.4. The molecule has 1 unspecified atom stereocenters. The van der Waals surface area contributed by atoms with E-state index in [1.807, 2.05) is 30.9 Å². The van der Waals surface area contributed by atoms with Gasteiger partial charge in [0.2, 0.25) is 11.8 Å². The van der Waals surface area contributed by atoms with E-state index in [1.165, 1.54) is 14.2 Å². The first-order chi connectivity index (χ1) is 27.9. The van der Waals surface area contributed by atoms with E-state index in [1.54, 1.807) is 17.3 Å². The Bertz CT molecular complexity index is 2020. The summed E-state index contributed by atoms with van der Waals surface area (Å²) in [5, 5.41) is 12.4. The van der Waals surface area contributed by atoms with Crippen LogP contribution in [0.5, 0.6) is 0 Å². The molecule has 2 aliphatic rings. The highest BCUT2D eigenvalue weighted by atomic mass is 16.5. The number of nitrogens with one attached hydrogen (secondary N) is 3. The zero-order chi connectivity index (χ0) is 41.5. The Morgan fingerprint density at radius 2 is 1.28 bits per heavy atom. The number of hydrogen-bond acceptors (Lipinski definition) is 8. The molecule has 0 saturated carbocycles. The van der Waals surface area contributed by atoms with Crippen molar-refractivity contribution in [2.24, 2.45) is 5.92 Å². The molecule has 4 heterocycles. The maximum absolute atomic E-state index is 13.8. The molecule has 6 rings (SSSR count). The molecule has 0 aliphatic carbocycles. The van der Waals surface area contributed by atoms with Crippen molar-refractivity contribution in [3.8, 4) is 33.6 Å². The van der Waals surface area contributed by atoms with Crippen LogP contribution in [-0.4, -0.2) is 128 Å². The summed E-state index contributed by atoms with van der Waals surface area (Å²) in [6.07, 6.45) is 5.52. The van der Waals surface area contributed by atoms with Gasteiger partial charge in [0, 0.05) is 26.7 Å². The van der Waals surface area contributed by atoms with Gasteiger partial charge in [-0.3, -0.25) is 14.5 Å². The zero-order valence-electron chi connectivity index (χ0n) is 34.4. The number of carbonyl (C=O) groups is 4. The second-order valence-electron chi connectivity index (χ2n) is 15.5. The van der Waals surface area contributed by atoms with E-state index in [9.17, 15) is 24.3 Å². The van der Waals surface area contributed by atoms with Crippen molar-refractivity contribution in [1.29, 1.82) is 0 Å². The third kappa shape index (κ3) is 9.20. The van der Waals surface area contributed by atoms with Crippen LogP contribution >= 0.6 is 0 Å². The number of imidazole rings is 2. The van der Waals surface area contributed by atoms with Crippen molar-refractivity contribution in [2.45, 2.75) is 84.0 Å². The summed E-state index contributed by atoms with van der Waals surface area (Å²) in [6, 6.07) is 14.5. The van der Waals surface area contributed by atoms with Crippen molar-refractivity contribution in [3.05, 3.63) is 72.6 Å². The number of benzene rings is 2. The summed E-state index contributed by atoms with van der Waals surface area (Å²) in [5.41, 5.74) is 5.72. The van der Waals surface area contributed by atoms with Crippen LogP contribution in [0, 0.1) is 5.92 Å². The standard InChI is InChI=1S/C43H57N9O6/c1-7-50(8-2)24-21-32(48-42(55)58-6)40(53)51-22-9-11-35(51)38-44-25-33(46-38)30-17-13-28(14-18-30)29-15-19-31(20-16-29)34-26-45-39(47-34)36-12-10-23-52(36)41(54)37(27(3)4)49(5)43(56)57/h13-20,25-27,32,35-37H,7-12,21-24H2,1-6H3,(H,44,46)(H,45,47)(H,48,55)(H,56,57)/t32?,35-,36-,37-/m0/s1. The highest BCUT2D eigenvalue weighted by molar-refractivity contribution is 5.87. The molecule has 2 aliphatic heterocycles. The van der Waals surface area contributed by atoms with Gasteiger partial charge < -0.3 is 39.8 Å². The largest absolute Gasteiger partial charge is 0.465 e. The smallest absolute Gasteiger partial charge is 0.407 e. The van der Waals surface area contributed by atoms with Crippen LogP contribution in [0.15, 0.2) is 60.9 Å². The summed E-state index contributed by atoms with van der Waals surface area (Å²) in [4.78, 5) is 74.6. The lowest BCUT2D eigenvalue weighted by atomic mass is 10.0. The first-order valence-corrected chi connectivity index (χ1v) is 20.4. The van der Waals surface area contributed by atoms with Crippen LogP contribution in [-0.2, 0) is 14.3 Å². The molecule has 2 fully saturated rings. The fourth-order valence-corrected chi connectivity index (χ4v) is 8.32. The summed E-state index contributed by atoms with van der Waals surface area (Å²) < 4.78 is 4.84. The van der Waals surface area contributed by atoms with Gasteiger partial charge in [0.25, 0.3) is 0 Å². The van der Waals surface area contributed by atoms with Crippen LogP contribution in [0.3, 0.4) is 0 Å². The molecule has 58 heavy (non-hydrogen) atoms. The summed E-state index contributed by atoms with van der Waals surface area (Å²) >= 11 is 0. The van der Waals surface area contributed by atoms with Crippen molar-refractivity contribution in [3.63, 3.8) is 0 Å². The average molecular weight is 796 g/mol. The number of hydrogen-bond donors (Lipinski definition) is 4. The van der Waals surface area contributed by atoms with E-state index in [-0.39, 0.29) is 29.8 Å². The second-order valence-corrected chi connectivity index (χ2v) is 15.5. The number of ether oxygens (including phenoxy) is 1. The molecule has 4 amide bonds. The number of alkyl carbamates (subject to hydrolysis) is 1. The minimum Gasteiger partial charge on any atom is -0.465 e. The Hall–Kier alpha value is -5.70. The Labute approximate surface area is 340 Å². The van der Waals surface area contributed by atoms with Crippen LogP contribution in [0.25, 0.3) is 33.6 Å². The Kier molecular flexibility index (Phi) is 13.5. The fraction of sp³-hybridized carbons (Fsp3) is 0.488. The van der Waals surface area contributed by atoms with E-state index in [0.717, 1.165) is 83.1 Å². The predicted molar refractivity (Wildman–Crippen MR) is 221 cm³/mol. The van der Waals surface area contributed by atoms with Gasteiger partial charge in [-0.1, -0.05) is 76.2 Å². The highest BCUT2D eigenvalue weighted by Crippen LogP contribution is 2.35. The monoisotopic (exact) mass is 795 g/mol. The number of aromatic amines is 2. The Morgan fingerprint density at radius 3 is 1.71 bits per heavy atom. The predicted octanol–water partition coefficient (Wildman–Crippen LogP) is 6.55. The number of likely N-dealkylation sites (tertiary alicyclic amines) is 2. The van der Waals surface area contributed by atoms with E-state index >= 15 is 0 Å². The Morgan fingerprint density at radius 1 is 0.810 bits per heavy atom. The molecule has 15 nitrogen and oxygen atoms in total. The molecule has 0 spiro atoms. The number of likely N-dealkylation sites (N-methyl/N-ethyl adjacent to an activating group) is 1. The average Bonchev–Trinajstić information content (AvgIpc) is 4.07. The Balaban J connectivity index is 1.10. The highest BCUT2D eigenvalue weighted by Gasteiger charge is 2.40. The van der Waals surface area contributed by atoms with E-state index in [2.05, 4.69) is 75.4 Å². The van der Waals surface area contributed by atoms with Gasteiger partial charge in [-0.25, -0.2) is 19.6 Å². The van der Waals surface area contributed by atoms with Crippen molar-refractivity contribution in [1.82, 2.24) is 44.9 Å². The molecular formula is C43H57N9O6. The van der Waals surface area contributed by atoms with Gasteiger partial charge in [0.1, 0.15) is 23.7 Å². The van der Waals surface area contributed by atoms with Crippen LogP contribution in [0.1, 0.15) is 83.5 Å². The molecule has 0 bridgehead atoms. The third-order valence-corrected chi connectivity index (χ3v) is 11.6. The lowest BCUT2D eigenvalue weighted by molar-refractivity contribution is -0.138. The first-order valence-electron chi connectivity index (χ1n) is 20.4. The summed E-state index contributed by atoms with van der Waals surface area (Å²) in [7, 11) is 2.75. The van der Waals surface area contributed by atoms with E-state index < -0.39 is 24.3 Å². The minimum atomic E-state index is -1.12. The molecule has 0 radical (unpaired) electrons. The molecular weight excluding hydrogens is 739 g/mol. The molecule has 310 valence electrons. The van der Waals surface area contributed by atoms with Crippen molar-refractivity contribution >= 4 is 24.0 Å². The summed E-state index contributed by atoms with van der Waals surface area (Å²) in [5.74, 6) is 0.920. The van der Waals surface area contributed by atoms with Gasteiger partial charge in [0.05, 0.1) is 43.0 Å². The number of methoxy groups -OCH3 is 1. The van der Waals surface area contributed by atoms with E-state index in [4.69, 9.17) is 9.72 Å². The molecule has 4 aromatic rings. The molecule has 2 saturated heterocycles. The minimum absolute atomic E-state index is 0.128. The molecule has 2 aromatic heterocycles. The molecule has 15 heteroatoms. The van der Waals surface area contributed by atoms with Gasteiger partial charge in [-0.05, 0) is 73.4 Å². The lowest BCUT2D eigenvalue weighted by Crippen LogP contribution is -2.51. The molecule has 4 N–H and O–H groups in total. The number of carboxylic acid groups (broad SMARTS) is 1. The van der Waals surface area contributed by atoms with E-state index in [0.29, 0.717) is 31.9 Å². The maximum atomic E-state index is 13.8. The fourth-order valence-electron chi connectivity index (χ4n) is 8.32. The second kappa shape index (κ2) is 18.7. The van der Waals surface area contributed by atoms with Crippen LogP contribution in [0.4, 0.5) is 9.59 Å². The van der Waals surface area contributed by atoms with Crippen LogP contribution < -0.4 is 5.32 Å².